The van der Waals surface area contributed by atoms with Crippen LogP contribution in [0.2, 0.25) is 10.0 Å². The van der Waals surface area contributed by atoms with E-state index in [9.17, 15) is 4.79 Å². The molecule has 1 N–H and O–H groups in total. The van der Waals surface area contributed by atoms with Gasteiger partial charge in [-0.2, -0.15) is 9.97 Å². The van der Waals surface area contributed by atoms with Crippen LogP contribution in [0.5, 0.6) is 6.01 Å². The summed E-state index contributed by atoms with van der Waals surface area (Å²) in [6.45, 7) is 5.34. The Morgan fingerprint density at radius 2 is 1.79 bits per heavy atom. The maximum atomic E-state index is 12.8. The molecule has 0 bridgehead atoms. The first-order valence-electron chi connectivity index (χ1n) is 11.6. The zero-order valence-electron chi connectivity index (χ0n) is 22.1. The minimum Gasteiger partial charge on any atom is -0.467 e. The molecule has 11 heteroatoms. The first-order chi connectivity index (χ1) is 17.1. The quantitative estimate of drug-likeness (QED) is 0.256. The fourth-order valence-corrected chi connectivity index (χ4v) is 3.99. The van der Waals surface area contributed by atoms with Gasteiger partial charge >= 0.3 is 12.0 Å². The molecule has 0 fully saturated rings. The van der Waals surface area contributed by atoms with E-state index in [1.54, 1.807) is 6.07 Å². The van der Waals surface area contributed by atoms with Crippen LogP contribution in [0.1, 0.15) is 25.0 Å². The Hall–Kier alpha value is -2.29. The number of hydrogen-bond donors (Lipinski definition) is 1. The first-order valence-corrected chi connectivity index (χ1v) is 12.4. The molecule has 0 atom stereocenters. The van der Waals surface area contributed by atoms with Crippen molar-refractivity contribution >= 4 is 59.8 Å². The van der Waals surface area contributed by atoms with E-state index in [0.717, 1.165) is 16.7 Å². The largest absolute Gasteiger partial charge is 0.467 e. The molecule has 208 valence electrons. The van der Waals surface area contributed by atoms with E-state index in [1.807, 2.05) is 75.3 Å². The van der Waals surface area contributed by atoms with Gasteiger partial charge in [-0.1, -0.05) is 47.5 Å². The highest BCUT2D eigenvalue weighted by Crippen LogP contribution is 2.30. The molecule has 7 nitrogen and oxygen atoms in total. The Bertz CT molecular complexity index is 1210. The number of hydrogen-bond acceptors (Lipinski definition) is 7. The van der Waals surface area contributed by atoms with Gasteiger partial charge in [0.2, 0.25) is 0 Å². The number of nitrogens with zero attached hydrogens (tertiary/aromatic N) is 3. The zero-order valence-corrected chi connectivity index (χ0v) is 25.2. The van der Waals surface area contributed by atoms with Gasteiger partial charge in [0.05, 0.1) is 18.2 Å². The van der Waals surface area contributed by atoms with E-state index < -0.39 is 5.41 Å². The maximum absolute atomic E-state index is 12.8. The summed E-state index contributed by atoms with van der Waals surface area (Å²) in [4.78, 5) is 23.7. The van der Waals surface area contributed by atoms with Gasteiger partial charge in [-0.15, -0.1) is 24.8 Å². The van der Waals surface area contributed by atoms with Crippen LogP contribution in [0.4, 0.5) is 5.82 Å². The summed E-state index contributed by atoms with van der Waals surface area (Å²) in [5.74, 6) is 0.347. The standard InChI is InChI=1S/C27H32Cl2N4O3.2ClH/c1-27(2,25(34)36-14-13-33(3)4)20-8-6-7-19(15-20)23-17-24(32-26(31-23)35-5)30-12-11-18-9-10-21(28)16-22(18)29;;/h6-10,15-17H,11-14H2,1-5H3,(H,30,31,32);2*1H. The molecule has 38 heavy (non-hydrogen) atoms. The molecule has 2 aromatic carbocycles. The number of esters is 1. The molecule has 3 rings (SSSR count). The molecular weight excluding hydrogens is 570 g/mol. The van der Waals surface area contributed by atoms with Crippen molar-refractivity contribution in [2.45, 2.75) is 25.7 Å². The van der Waals surface area contributed by atoms with Crippen molar-refractivity contribution in [1.29, 1.82) is 0 Å². The van der Waals surface area contributed by atoms with Crippen molar-refractivity contribution in [2.75, 3.05) is 46.2 Å². The molecular formula is C27H34Cl4N4O3. The van der Waals surface area contributed by atoms with Crippen LogP contribution < -0.4 is 10.1 Å². The second-order valence-corrected chi connectivity index (χ2v) is 10.0. The molecule has 0 spiro atoms. The van der Waals surface area contributed by atoms with Crippen LogP contribution in [-0.4, -0.2) is 61.7 Å². The molecule has 0 aliphatic carbocycles. The molecule has 3 aromatic rings. The summed E-state index contributed by atoms with van der Waals surface area (Å²) >= 11 is 12.3. The van der Waals surface area contributed by atoms with E-state index in [0.29, 0.717) is 47.7 Å². The van der Waals surface area contributed by atoms with E-state index in [-0.39, 0.29) is 36.8 Å². The van der Waals surface area contributed by atoms with Crippen LogP contribution in [0.3, 0.4) is 0 Å². The normalized spacial score (nSPS) is 10.8. The highest BCUT2D eigenvalue weighted by atomic mass is 35.5. The average molecular weight is 604 g/mol. The van der Waals surface area contributed by atoms with Crippen LogP contribution in [-0.2, 0) is 21.4 Å². The fraction of sp³-hybridized carbons (Fsp3) is 0.370. The number of likely N-dealkylation sites (N-methyl/N-ethyl adjacent to an activating group) is 1. The summed E-state index contributed by atoms with van der Waals surface area (Å²) < 4.78 is 10.9. The molecule has 0 saturated carbocycles. The molecule has 0 radical (unpaired) electrons. The Morgan fingerprint density at radius 1 is 1.05 bits per heavy atom. The molecule has 1 heterocycles. The zero-order chi connectivity index (χ0) is 26.3. The van der Waals surface area contributed by atoms with Crippen LogP contribution in [0.25, 0.3) is 11.3 Å². The second-order valence-electron chi connectivity index (χ2n) is 9.18. The van der Waals surface area contributed by atoms with Crippen LogP contribution in [0.15, 0.2) is 48.5 Å². The lowest BCUT2D eigenvalue weighted by atomic mass is 9.83. The third kappa shape index (κ3) is 9.17. The maximum Gasteiger partial charge on any atom is 0.318 e. The van der Waals surface area contributed by atoms with Gasteiger partial charge in [-0.25, -0.2) is 0 Å². The second kappa shape index (κ2) is 15.3. The number of carbonyl (C=O) groups is 1. The van der Waals surface area contributed by atoms with Gasteiger partial charge in [-0.3, -0.25) is 4.79 Å². The third-order valence-corrected chi connectivity index (χ3v) is 6.35. The van der Waals surface area contributed by atoms with E-state index >= 15 is 0 Å². The number of benzene rings is 2. The van der Waals surface area contributed by atoms with Crippen molar-refractivity contribution in [3.05, 3.63) is 69.7 Å². The number of halogens is 4. The van der Waals surface area contributed by atoms with Crippen LogP contribution in [0, 0.1) is 0 Å². The van der Waals surface area contributed by atoms with Crippen molar-refractivity contribution in [3.8, 4) is 17.3 Å². The van der Waals surface area contributed by atoms with E-state index in [1.165, 1.54) is 7.11 Å². The van der Waals surface area contributed by atoms with E-state index in [2.05, 4.69) is 15.3 Å². The summed E-state index contributed by atoms with van der Waals surface area (Å²) in [5.41, 5.74) is 2.51. The summed E-state index contributed by atoms with van der Waals surface area (Å²) in [7, 11) is 5.41. The average Bonchev–Trinajstić information content (AvgIpc) is 2.85. The predicted octanol–water partition coefficient (Wildman–Crippen LogP) is 6.34. The van der Waals surface area contributed by atoms with Crippen molar-refractivity contribution in [1.82, 2.24) is 14.9 Å². The lowest BCUT2D eigenvalue weighted by molar-refractivity contribution is -0.149. The van der Waals surface area contributed by atoms with Gasteiger partial charge in [0.1, 0.15) is 12.4 Å². The minimum absolute atomic E-state index is 0. The predicted molar refractivity (Wildman–Crippen MR) is 160 cm³/mol. The van der Waals surface area contributed by atoms with Gasteiger partial charge in [0.25, 0.3) is 0 Å². The molecule has 1 aromatic heterocycles. The lowest BCUT2D eigenvalue weighted by Gasteiger charge is -2.24. The van der Waals surface area contributed by atoms with Crippen molar-refractivity contribution in [3.63, 3.8) is 0 Å². The molecule has 0 amide bonds. The van der Waals surface area contributed by atoms with Crippen molar-refractivity contribution < 1.29 is 14.3 Å². The van der Waals surface area contributed by atoms with Gasteiger partial charge in [0.15, 0.2) is 0 Å². The summed E-state index contributed by atoms with van der Waals surface area (Å²) in [6, 6.07) is 15.3. The number of methoxy groups -OCH3 is 1. The van der Waals surface area contributed by atoms with Gasteiger partial charge < -0.3 is 19.7 Å². The van der Waals surface area contributed by atoms with Crippen LogP contribution >= 0.6 is 48.0 Å². The number of ether oxygens (including phenoxy) is 2. The summed E-state index contributed by atoms with van der Waals surface area (Å²) in [5, 5.41) is 4.55. The Labute approximate surface area is 247 Å². The third-order valence-electron chi connectivity index (χ3n) is 5.77. The monoisotopic (exact) mass is 602 g/mol. The Kier molecular flexibility index (Phi) is 13.6. The SMILES string of the molecule is COc1nc(NCCc2ccc(Cl)cc2Cl)cc(-c2cccc(C(C)(C)C(=O)OCCN(C)C)c2)n1.Cl.Cl. The minimum atomic E-state index is -0.821. The molecule has 0 saturated heterocycles. The molecule has 0 aliphatic heterocycles. The number of nitrogens with one attached hydrogen (secondary N) is 1. The molecule has 0 unspecified atom stereocenters. The molecule has 0 aliphatic rings. The summed E-state index contributed by atoms with van der Waals surface area (Å²) in [6.07, 6.45) is 0.692. The topological polar surface area (TPSA) is 76.6 Å². The van der Waals surface area contributed by atoms with Gasteiger partial charge in [0, 0.05) is 34.8 Å². The number of carbonyl (C=O) groups excluding carboxylic acids is 1. The Balaban J connectivity index is 0.00000361. The van der Waals surface area contributed by atoms with Crippen molar-refractivity contribution in [2.24, 2.45) is 0 Å². The first kappa shape index (κ1) is 33.7. The number of anilines is 1. The van der Waals surface area contributed by atoms with E-state index in [4.69, 9.17) is 32.7 Å². The lowest BCUT2D eigenvalue weighted by Crippen LogP contribution is -2.33. The number of rotatable bonds is 11. The highest BCUT2D eigenvalue weighted by Gasteiger charge is 2.32. The highest BCUT2D eigenvalue weighted by molar-refractivity contribution is 6.35. The smallest absolute Gasteiger partial charge is 0.318 e. The van der Waals surface area contributed by atoms with Gasteiger partial charge in [-0.05, 0) is 63.7 Å². The fourth-order valence-electron chi connectivity index (χ4n) is 3.49. The Morgan fingerprint density at radius 3 is 2.45 bits per heavy atom. The number of aromatic nitrogens is 2.